The second kappa shape index (κ2) is 14.3. The first kappa shape index (κ1) is 34.4. The van der Waals surface area contributed by atoms with E-state index >= 15 is 0 Å². The summed E-state index contributed by atoms with van der Waals surface area (Å²) in [5.41, 5.74) is 10.9. The maximum atomic E-state index is 13.9. The van der Waals surface area contributed by atoms with Gasteiger partial charge in [0.25, 0.3) is 0 Å². The molecule has 1 aliphatic heterocycles. The molecule has 0 saturated heterocycles. The Hall–Kier alpha value is -5.03. The second-order valence-corrected chi connectivity index (χ2v) is 13.9. The summed E-state index contributed by atoms with van der Waals surface area (Å²) in [6.07, 6.45) is 6.73. The Morgan fingerprint density at radius 3 is 1.73 bits per heavy atom. The topological polar surface area (TPSA) is 39.4 Å². The van der Waals surface area contributed by atoms with Crippen LogP contribution in [-0.4, -0.2) is 28.2 Å². The third-order valence-electron chi connectivity index (χ3n) is 11.0. The molecule has 7 rings (SSSR count). The second-order valence-electron chi connectivity index (χ2n) is 13.9. The van der Waals surface area contributed by atoms with Crippen molar-refractivity contribution in [2.24, 2.45) is 0 Å². The first-order valence-electron chi connectivity index (χ1n) is 19.0. The van der Waals surface area contributed by atoms with Crippen LogP contribution in [0.25, 0.3) is 27.4 Å². The Morgan fingerprint density at radius 2 is 1.20 bits per heavy atom. The minimum absolute atomic E-state index is 0.293. The highest BCUT2D eigenvalue weighted by Crippen LogP contribution is 2.49. The van der Waals surface area contributed by atoms with E-state index < -0.39 is 5.60 Å². The molecule has 2 aromatic heterocycles. The lowest BCUT2D eigenvalue weighted by Gasteiger charge is -2.29. The maximum Gasteiger partial charge on any atom is 0.340 e. The molecule has 0 amide bonds. The van der Waals surface area contributed by atoms with E-state index in [-0.39, 0.29) is 5.97 Å². The van der Waals surface area contributed by atoms with Crippen molar-refractivity contribution in [2.45, 2.75) is 85.9 Å². The highest BCUT2D eigenvalue weighted by atomic mass is 16.6. The number of fused-ring (bicyclic) bond motifs is 3. The fraction of sp³-hybridized carbons (Fsp3) is 0.326. The largest absolute Gasteiger partial charge is 0.441 e. The summed E-state index contributed by atoms with van der Waals surface area (Å²) in [6, 6.07) is 34.2. The number of cyclic esters (lactones) is 1. The van der Waals surface area contributed by atoms with Crippen molar-refractivity contribution in [3.8, 4) is 0 Å². The number of rotatable bonds is 13. The van der Waals surface area contributed by atoms with E-state index in [0.717, 1.165) is 74.2 Å². The molecule has 3 heterocycles. The van der Waals surface area contributed by atoms with Crippen LogP contribution >= 0.6 is 0 Å². The quantitative estimate of drug-likeness (QED) is 0.114. The molecule has 0 radical (unpaired) electrons. The number of hydrogen-bond donors (Lipinski definition) is 0. The van der Waals surface area contributed by atoms with Gasteiger partial charge in [0.05, 0.1) is 5.56 Å². The standard InChI is InChI=1S/C46H51N3O2/c1-7-11-29-48-32(5)43(37-20-14-17-23-41(37)48)39(44-33(6)49(30-12-8-2)42-24-18-15-21-38(42)44)31-46(40-22-16-13-19-36(40)45(50)51-46)34-25-27-35(28-26-34)47(9-3)10-4/h13-28,31H,7-12,29-30H2,1-6H3. The molecule has 0 fully saturated rings. The van der Waals surface area contributed by atoms with E-state index in [0.29, 0.717) is 5.56 Å². The molecule has 4 aromatic carbocycles. The van der Waals surface area contributed by atoms with Crippen molar-refractivity contribution in [3.05, 3.63) is 142 Å². The lowest BCUT2D eigenvalue weighted by molar-refractivity contribution is 0.0276. The van der Waals surface area contributed by atoms with Gasteiger partial charge in [0.2, 0.25) is 0 Å². The zero-order chi connectivity index (χ0) is 35.7. The van der Waals surface area contributed by atoms with Gasteiger partial charge in [0.1, 0.15) is 0 Å². The van der Waals surface area contributed by atoms with Crippen LogP contribution in [-0.2, 0) is 23.4 Å². The van der Waals surface area contributed by atoms with Gasteiger partial charge >= 0.3 is 5.97 Å². The molecular formula is C46H51N3O2. The van der Waals surface area contributed by atoms with Crippen LogP contribution in [0.15, 0.2) is 103 Å². The van der Waals surface area contributed by atoms with Crippen LogP contribution < -0.4 is 4.90 Å². The fourth-order valence-electron chi connectivity index (χ4n) is 8.38. The summed E-state index contributed by atoms with van der Waals surface area (Å²) in [4.78, 5) is 16.3. The molecular weight excluding hydrogens is 627 g/mol. The van der Waals surface area contributed by atoms with Crippen molar-refractivity contribution in [1.29, 1.82) is 0 Å². The zero-order valence-corrected chi connectivity index (χ0v) is 31.1. The predicted molar refractivity (Wildman–Crippen MR) is 213 cm³/mol. The zero-order valence-electron chi connectivity index (χ0n) is 31.1. The minimum Gasteiger partial charge on any atom is -0.441 e. The fourth-order valence-corrected chi connectivity index (χ4v) is 8.38. The van der Waals surface area contributed by atoms with E-state index in [4.69, 9.17) is 4.74 Å². The number of unbranched alkanes of at least 4 members (excludes halogenated alkanes) is 2. The number of anilines is 1. The molecule has 0 aliphatic carbocycles. The average Bonchev–Trinajstić information content (AvgIpc) is 3.72. The summed E-state index contributed by atoms with van der Waals surface area (Å²) in [5.74, 6) is -0.293. The third-order valence-corrected chi connectivity index (χ3v) is 11.0. The third kappa shape index (κ3) is 5.77. The van der Waals surface area contributed by atoms with Crippen molar-refractivity contribution < 1.29 is 9.53 Å². The lowest BCUT2D eigenvalue weighted by Crippen LogP contribution is -2.27. The predicted octanol–water partition coefficient (Wildman–Crippen LogP) is 11.2. The molecule has 6 aromatic rings. The number of hydrogen-bond acceptors (Lipinski definition) is 3. The van der Waals surface area contributed by atoms with E-state index in [1.165, 1.54) is 44.3 Å². The van der Waals surface area contributed by atoms with Gasteiger partial charge in [-0.05, 0) is 82.5 Å². The molecule has 1 unspecified atom stereocenters. The van der Waals surface area contributed by atoms with E-state index in [1.54, 1.807) is 0 Å². The monoisotopic (exact) mass is 677 g/mol. The highest BCUT2D eigenvalue weighted by Gasteiger charge is 2.46. The normalized spacial score (nSPS) is 15.4. The van der Waals surface area contributed by atoms with E-state index in [2.05, 4.69) is 141 Å². The van der Waals surface area contributed by atoms with Gasteiger partial charge in [0.15, 0.2) is 5.60 Å². The number of aryl methyl sites for hydroxylation is 2. The molecule has 0 saturated carbocycles. The molecule has 1 atom stereocenters. The first-order chi connectivity index (χ1) is 24.9. The number of para-hydroxylation sites is 2. The van der Waals surface area contributed by atoms with Gasteiger partial charge in [-0.3, -0.25) is 0 Å². The Labute approximate surface area is 303 Å². The van der Waals surface area contributed by atoms with Gasteiger partial charge in [-0.15, -0.1) is 0 Å². The van der Waals surface area contributed by atoms with Gasteiger partial charge in [-0.2, -0.15) is 0 Å². The molecule has 0 bridgehead atoms. The highest BCUT2D eigenvalue weighted by molar-refractivity contribution is 6.07. The summed E-state index contributed by atoms with van der Waals surface area (Å²) < 4.78 is 11.7. The van der Waals surface area contributed by atoms with Crippen molar-refractivity contribution in [3.63, 3.8) is 0 Å². The smallest absolute Gasteiger partial charge is 0.340 e. The van der Waals surface area contributed by atoms with Crippen molar-refractivity contribution >= 4 is 39.0 Å². The van der Waals surface area contributed by atoms with Crippen LogP contribution in [0.3, 0.4) is 0 Å². The van der Waals surface area contributed by atoms with Crippen molar-refractivity contribution in [1.82, 2.24) is 9.13 Å². The maximum absolute atomic E-state index is 13.9. The molecule has 5 nitrogen and oxygen atoms in total. The molecule has 51 heavy (non-hydrogen) atoms. The Morgan fingerprint density at radius 1 is 0.686 bits per heavy atom. The number of carbonyl (C=O) groups is 1. The van der Waals surface area contributed by atoms with Crippen LogP contribution in [0.4, 0.5) is 5.69 Å². The lowest BCUT2D eigenvalue weighted by atomic mass is 9.81. The molecule has 1 aliphatic rings. The molecule has 0 spiro atoms. The van der Waals surface area contributed by atoms with Crippen LogP contribution in [0.1, 0.15) is 97.4 Å². The average molecular weight is 678 g/mol. The molecule has 262 valence electrons. The Kier molecular flexibility index (Phi) is 9.65. The first-order valence-corrected chi connectivity index (χ1v) is 19.0. The van der Waals surface area contributed by atoms with Crippen LogP contribution in [0.2, 0.25) is 0 Å². The molecule has 5 heteroatoms. The minimum atomic E-state index is -1.14. The number of benzene rings is 4. The number of carbonyl (C=O) groups excluding carboxylic acids is 1. The summed E-state index contributed by atoms with van der Waals surface area (Å²) >= 11 is 0. The molecule has 0 N–H and O–H groups in total. The van der Waals surface area contributed by atoms with Gasteiger partial charge in [0, 0.05) is 87.3 Å². The van der Waals surface area contributed by atoms with Gasteiger partial charge in [-0.25, -0.2) is 4.79 Å². The van der Waals surface area contributed by atoms with Crippen LogP contribution in [0, 0.1) is 13.8 Å². The Balaban J connectivity index is 1.61. The number of esters is 1. The summed E-state index contributed by atoms with van der Waals surface area (Å²) in [7, 11) is 0. The van der Waals surface area contributed by atoms with E-state index in [1.807, 2.05) is 18.2 Å². The number of nitrogens with zero attached hydrogens (tertiary/aromatic N) is 3. The summed E-state index contributed by atoms with van der Waals surface area (Å²) in [6.45, 7) is 17.1. The van der Waals surface area contributed by atoms with Gasteiger partial charge in [-0.1, -0.05) is 93.4 Å². The SMILES string of the molecule is CCCCn1c(C)c(C(=CC2(c3ccc(N(CC)CC)cc3)OC(=O)c3ccccc32)c2c(C)n(CCCC)c3ccccc23)c2ccccc21. The van der Waals surface area contributed by atoms with Crippen molar-refractivity contribution in [2.75, 3.05) is 18.0 Å². The summed E-state index contributed by atoms with van der Waals surface area (Å²) in [5, 5.41) is 2.43. The Bertz CT molecular complexity index is 2140. The number of aromatic nitrogens is 2. The van der Waals surface area contributed by atoms with Crippen LogP contribution in [0.5, 0.6) is 0 Å². The van der Waals surface area contributed by atoms with E-state index in [9.17, 15) is 4.79 Å². The van der Waals surface area contributed by atoms with Gasteiger partial charge < -0.3 is 18.8 Å². The number of ether oxygens (including phenoxy) is 1.